The number of hydrogen-bond donors (Lipinski definition) is 4. The van der Waals surface area contributed by atoms with Crippen molar-refractivity contribution in [2.45, 2.75) is 37.9 Å². The average Bonchev–Trinajstić information content (AvgIpc) is 3.87. The molecule has 8 heterocycles. The van der Waals surface area contributed by atoms with Gasteiger partial charge in [0.15, 0.2) is 0 Å². The van der Waals surface area contributed by atoms with E-state index in [1.807, 2.05) is 0 Å². The van der Waals surface area contributed by atoms with E-state index in [4.69, 9.17) is 19.7 Å². The van der Waals surface area contributed by atoms with Gasteiger partial charge in [-0.1, -0.05) is 60.7 Å². The van der Waals surface area contributed by atoms with Gasteiger partial charge in [0.05, 0.1) is 0 Å². The number of aromatic amines is 2. The number of nitrogens with one attached hydrogen (secondary N) is 2. The number of benzene rings is 4. The zero-order valence-electron chi connectivity index (χ0n) is 31.3. The number of aliphatic carboxylic acids is 2. The maximum Gasteiger partial charge on any atom is 0.328 e. The molecule has 0 amide bonds. The van der Waals surface area contributed by atoms with E-state index >= 15 is 0 Å². The second-order valence-corrected chi connectivity index (χ2v) is 15.1. The predicted molar refractivity (Wildman–Crippen MR) is 219 cm³/mol. The van der Waals surface area contributed by atoms with Crippen LogP contribution >= 0.6 is 0 Å². The summed E-state index contributed by atoms with van der Waals surface area (Å²) in [5.41, 5.74) is 7.32. The molecule has 6 aromatic rings. The number of carbonyl (C=O) groups is 2. The zero-order valence-corrected chi connectivity index (χ0v) is 31.3. The number of nitrogens with zero attached hydrogens (tertiary/aromatic N) is 2. The summed E-state index contributed by atoms with van der Waals surface area (Å²) in [4.78, 5) is 30.9. The molecule has 6 aliphatic heterocycles. The summed E-state index contributed by atoms with van der Waals surface area (Å²) in [7, 11) is 0. The lowest BCUT2D eigenvalue weighted by Crippen LogP contribution is -2.52. The van der Waals surface area contributed by atoms with Crippen LogP contribution < -0.4 is 9.47 Å². The molecule has 288 valence electrons. The molecule has 10 nitrogen and oxygen atoms in total. The fraction of sp³-hybridized carbons (Fsp3) is 0.304. The zero-order chi connectivity index (χ0) is 38.4. The van der Waals surface area contributed by atoms with Gasteiger partial charge in [-0.2, -0.15) is 0 Å². The predicted octanol–water partition coefficient (Wildman–Crippen LogP) is 8.33. The number of hydrogen-bond acceptors (Lipinski definition) is 6. The minimum Gasteiger partial charge on any atom is -0.489 e. The molecule has 2 atom stereocenters. The Kier molecular flexibility index (Phi) is 11.2. The number of H-pyrrole nitrogens is 2. The smallest absolute Gasteiger partial charge is 0.328 e. The molecule has 0 radical (unpaired) electrons. The lowest BCUT2D eigenvalue weighted by molar-refractivity contribution is -0.134. The average molecular weight is 753 g/mol. The van der Waals surface area contributed by atoms with Gasteiger partial charge in [0, 0.05) is 70.6 Å². The number of carboxylic acids is 2. The van der Waals surface area contributed by atoms with E-state index in [2.05, 4.69) is 129 Å². The molecule has 6 fully saturated rings. The Hall–Kier alpha value is -5.84. The van der Waals surface area contributed by atoms with Crippen molar-refractivity contribution in [1.29, 1.82) is 0 Å². The molecule has 4 aromatic carbocycles. The Morgan fingerprint density at radius 3 is 1.27 bits per heavy atom. The minimum absolute atomic E-state index is 0.367. The molecular formula is C46H48N4O6. The van der Waals surface area contributed by atoms with Crippen LogP contribution in [0.15, 0.2) is 122 Å². The fourth-order valence-corrected chi connectivity index (χ4v) is 8.63. The first-order valence-corrected chi connectivity index (χ1v) is 19.6. The summed E-state index contributed by atoms with van der Waals surface area (Å²) in [6, 6.07) is 34.0. The van der Waals surface area contributed by atoms with Crippen LogP contribution in [-0.4, -0.2) is 93.4 Å². The van der Waals surface area contributed by atoms with Gasteiger partial charge in [-0.25, -0.2) is 9.59 Å². The summed E-state index contributed by atoms with van der Waals surface area (Å²) in [6.45, 7) is 7.20. The third-order valence-corrected chi connectivity index (χ3v) is 11.6. The molecule has 0 aliphatic carbocycles. The molecule has 10 heteroatoms. The van der Waals surface area contributed by atoms with Crippen LogP contribution in [0.3, 0.4) is 0 Å². The number of para-hydroxylation sites is 2. The highest BCUT2D eigenvalue weighted by atomic mass is 16.5. The van der Waals surface area contributed by atoms with Crippen LogP contribution in [-0.2, 0) is 9.59 Å². The molecule has 0 spiro atoms. The SMILES string of the molecule is O=C(O)/C=C/C(=O)O.c1ccc2c(-c3ccc(OC4CN5CCC4CC5)cc3)c[nH]c2c1.c1ccc2c(-c3ccc(OC4CN5CCC4CC5)cc3)c[nH]c2c1. The largest absolute Gasteiger partial charge is 0.489 e. The highest BCUT2D eigenvalue weighted by Crippen LogP contribution is 2.35. The van der Waals surface area contributed by atoms with Gasteiger partial charge in [0.2, 0.25) is 0 Å². The molecule has 6 saturated heterocycles. The van der Waals surface area contributed by atoms with Crippen LogP contribution in [0, 0.1) is 11.8 Å². The van der Waals surface area contributed by atoms with E-state index in [1.54, 1.807) is 0 Å². The van der Waals surface area contributed by atoms with Crippen molar-refractivity contribution < 1.29 is 29.3 Å². The summed E-state index contributed by atoms with van der Waals surface area (Å²) < 4.78 is 12.6. The molecule has 0 saturated carbocycles. The van der Waals surface area contributed by atoms with E-state index in [0.717, 1.165) is 36.4 Å². The number of aromatic nitrogens is 2. The summed E-state index contributed by atoms with van der Waals surface area (Å²) in [5, 5.41) is 18.2. The summed E-state index contributed by atoms with van der Waals surface area (Å²) >= 11 is 0. The molecule has 56 heavy (non-hydrogen) atoms. The summed E-state index contributed by atoms with van der Waals surface area (Å²) in [5.74, 6) is 0.959. The lowest BCUT2D eigenvalue weighted by Gasteiger charge is -2.44. The topological polar surface area (TPSA) is 131 Å². The van der Waals surface area contributed by atoms with Crippen LogP contribution in [0.25, 0.3) is 44.1 Å². The van der Waals surface area contributed by atoms with E-state index in [1.165, 1.54) is 95.9 Å². The van der Waals surface area contributed by atoms with Crippen molar-refractivity contribution in [3.63, 3.8) is 0 Å². The summed E-state index contributed by atoms with van der Waals surface area (Å²) in [6.07, 6.45) is 11.2. The third kappa shape index (κ3) is 8.67. The van der Waals surface area contributed by atoms with Crippen molar-refractivity contribution in [3.8, 4) is 33.8 Å². The van der Waals surface area contributed by atoms with Crippen molar-refractivity contribution in [1.82, 2.24) is 19.8 Å². The van der Waals surface area contributed by atoms with Crippen molar-refractivity contribution in [2.24, 2.45) is 11.8 Å². The Labute approximate surface area is 326 Å². The first kappa shape index (κ1) is 37.1. The second kappa shape index (κ2) is 16.9. The first-order chi connectivity index (χ1) is 27.4. The van der Waals surface area contributed by atoms with Gasteiger partial charge in [-0.15, -0.1) is 0 Å². The molecule has 12 rings (SSSR count). The molecule has 4 N–H and O–H groups in total. The number of carboxylic acid groups (broad SMARTS) is 2. The Morgan fingerprint density at radius 2 is 0.929 bits per heavy atom. The molecule has 2 unspecified atom stereocenters. The Morgan fingerprint density at radius 1 is 0.554 bits per heavy atom. The molecule has 4 bridgehead atoms. The van der Waals surface area contributed by atoms with Crippen molar-refractivity contribution in [2.75, 3.05) is 39.3 Å². The van der Waals surface area contributed by atoms with E-state index in [0.29, 0.717) is 24.4 Å². The molecule has 6 aliphatic rings. The minimum atomic E-state index is -1.26. The monoisotopic (exact) mass is 752 g/mol. The van der Waals surface area contributed by atoms with Gasteiger partial charge >= 0.3 is 11.9 Å². The highest BCUT2D eigenvalue weighted by Gasteiger charge is 2.36. The van der Waals surface area contributed by atoms with E-state index in [9.17, 15) is 9.59 Å². The van der Waals surface area contributed by atoms with Gasteiger partial charge < -0.3 is 29.7 Å². The highest BCUT2D eigenvalue weighted by molar-refractivity contribution is 5.96. The standard InChI is InChI=1S/2C21H22N2O.C4H4O4/c2*1-2-4-20-18(3-1)19(13-22-20)15-5-7-17(8-6-15)24-21-14-23-11-9-16(21)10-12-23;5-3(6)1-2-4(7)8/h2*1-8,13,16,21-22H,9-12,14H2;1-2H,(H,5,6)(H,7,8)/b;;2-1+. The van der Waals surface area contributed by atoms with Crippen LogP contribution in [0.1, 0.15) is 25.7 Å². The lowest BCUT2D eigenvalue weighted by atomic mass is 9.86. The first-order valence-electron chi connectivity index (χ1n) is 19.6. The van der Waals surface area contributed by atoms with Gasteiger partial charge in [-0.05, 0) is 111 Å². The van der Waals surface area contributed by atoms with Crippen molar-refractivity contribution in [3.05, 3.63) is 122 Å². The van der Waals surface area contributed by atoms with Gasteiger partial charge in [0.1, 0.15) is 23.7 Å². The number of ether oxygens (including phenoxy) is 2. The molecule has 2 aromatic heterocycles. The fourth-order valence-electron chi connectivity index (χ4n) is 8.63. The normalized spacial score (nSPS) is 23.6. The van der Waals surface area contributed by atoms with Gasteiger partial charge in [0.25, 0.3) is 0 Å². The van der Waals surface area contributed by atoms with Crippen LogP contribution in [0.2, 0.25) is 0 Å². The number of piperidine rings is 6. The van der Waals surface area contributed by atoms with E-state index in [-0.39, 0.29) is 0 Å². The molecular weight excluding hydrogens is 705 g/mol. The van der Waals surface area contributed by atoms with Crippen molar-refractivity contribution >= 4 is 33.7 Å². The maximum absolute atomic E-state index is 9.55. The quantitative estimate of drug-likeness (QED) is 0.114. The number of fused-ring (bicyclic) bond motifs is 8. The van der Waals surface area contributed by atoms with E-state index < -0.39 is 11.9 Å². The maximum atomic E-state index is 9.55. The Bertz CT molecular complexity index is 2120. The van der Waals surface area contributed by atoms with Crippen LogP contribution in [0.4, 0.5) is 0 Å². The van der Waals surface area contributed by atoms with Crippen LogP contribution in [0.5, 0.6) is 11.5 Å². The number of rotatable bonds is 8. The van der Waals surface area contributed by atoms with Gasteiger partial charge in [-0.3, -0.25) is 9.80 Å². The second-order valence-electron chi connectivity index (χ2n) is 15.1. The third-order valence-electron chi connectivity index (χ3n) is 11.6. The Balaban J connectivity index is 0.000000133.